The highest BCUT2D eigenvalue weighted by atomic mass is 16.4. The summed E-state index contributed by atoms with van der Waals surface area (Å²) in [4.78, 5) is 10.3. The van der Waals surface area contributed by atoms with Gasteiger partial charge in [0.2, 0.25) is 0 Å². The predicted octanol–water partition coefficient (Wildman–Crippen LogP) is 1.02. The lowest BCUT2D eigenvalue weighted by Gasteiger charge is -2.22. The van der Waals surface area contributed by atoms with Gasteiger partial charge in [-0.15, -0.1) is 5.10 Å². The molecule has 1 fully saturated rings. The van der Waals surface area contributed by atoms with Crippen molar-refractivity contribution in [2.24, 2.45) is 0 Å². The molecule has 0 radical (unpaired) electrons. The van der Waals surface area contributed by atoms with Crippen molar-refractivity contribution in [2.75, 3.05) is 0 Å². The molecular formula is C9H13N3O2. The van der Waals surface area contributed by atoms with Gasteiger partial charge in [-0.2, -0.15) is 0 Å². The molecule has 1 heterocycles. The normalized spacial score (nSPS) is 16.6. The van der Waals surface area contributed by atoms with Gasteiger partial charge in [0.15, 0.2) is 0 Å². The van der Waals surface area contributed by atoms with Crippen molar-refractivity contribution in [3.8, 4) is 0 Å². The number of aliphatic carboxylic acids is 1. The molecule has 1 aliphatic rings. The van der Waals surface area contributed by atoms with Crippen LogP contribution in [-0.2, 0) is 11.3 Å². The van der Waals surface area contributed by atoms with Crippen LogP contribution in [0, 0.1) is 0 Å². The minimum atomic E-state index is -0.800. The molecule has 0 saturated heterocycles. The zero-order valence-corrected chi connectivity index (χ0v) is 7.89. The summed E-state index contributed by atoms with van der Waals surface area (Å²) in [6.07, 6.45) is 5.63. The minimum Gasteiger partial charge on any atom is -0.481 e. The molecule has 1 aromatic rings. The predicted molar refractivity (Wildman–Crippen MR) is 48.9 cm³/mol. The van der Waals surface area contributed by atoms with E-state index in [0.717, 1.165) is 5.69 Å². The van der Waals surface area contributed by atoms with Gasteiger partial charge in [0.05, 0.1) is 18.7 Å². The molecule has 0 amide bonds. The third-order valence-corrected chi connectivity index (χ3v) is 2.63. The summed E-state index contributed by atoms with van der Waals surface area (Å²) in [6, 6.07) is 0. The van der Waals surface area contributed by atoms with Crippen LogP contribution in [0.25, 0.3) is 0 Å². The molecule has 5 nitrogen and oxygen atoms in total. The maximum atomic E-state index is 10.3. The maximum Gasteiger partial charge on any atom is 0.305 e. The third kappa shape index (κ3) is 1.92. The first-order valence-corrected chi connectivity index (χ1v) is 4.87. The molecule has 0 unspecified atom stereocenters. The van der Waals surface area contributed by atoms with E-state index in [1.54, 1.807) is 4.68 Å². The Morgan fingerprint density at radius 1 is 1.64 bits per heavy atom. The molecule has 14 heavy (non-hydrogen) atoms. The van der Waals surface area contributed by atoms with Crippen LogP contribution < -0.4 is 0 Å². The fourth-order valence-corrected chi connectivity index (χ4v) is 1.52. The van der Waals surface area contributed by atoms with Crippen LogP contribution in [0.15, 0.2) is 6.20 Å². The average Bonchev–Trinajstić information content (AvgIpc) is 2.46. The smallest absolute Gasteiger partial charge is 0.305 e. The number of aromatic nitrogens is 3. The zero-order chi connectivity index (χ0) is 9.97. The van der Waals surface area contributed by atoms with Crippen LogP contribution >= 0.6 is 0 Å². The summed E-state index contributed by atoms with van der Waals surface area (Å²) < 4.78 is 1.61. The van der Waals surface area contributed by atoms with Gasteiger partial charge >= 0.3 is 5.97 Å². The molecule has 0 atom stereocenters. The van der Waals surface area contributed by atoms with Crippen LogP contribution in [0.5, 0.6) is 0 Å². The number of rotatable bonds is 4. The molecule has 5 heteroatoms. The lowest BCUT2D eigenvalue weighted by atomic mass is 9.83. The molecule has 1 aliphatic carbocycles. The monoisotopic (exact) mass is 195 g/mol. The van der Waals surface area contributed by atoms with Crippen LogP contribution in [0.2, 0.25) is 0 Å². The van der Waals surface area contributed by atoms with Gasteiger partial charge in [-0.3, -0.25) is 9.48 Å². The Balaban J connectivity index is 1.92. The first-order chi connectivity index (χ1) is 6.75. The second kappa shape index (κ2) is 3.77. The number of nitrogens with zero attached hydrogens (tertiary/aromatic N) is 3. The SMILES string of the molecule is O=C(O)CCn1cc(C2CCC2)nn1. The molecular weight excluding hydrogens is 182 g/mol. The fraction of sp³-hybridized carbons (Fsp3) is 0.667. The van der Waals surface area contributed by atoms with E-state index in [1.165, 1.54) is 19.3 Å². The van der Waals surface area contributed by atoms with Gasteiger partial charge in [0.1, 0.15) is 0 Å². The van der Waals surface area contributed by atoms with Gasteiger partial charge in [0, 0.05) is 12.1 Å². The van der Waals surface area contributed by atoms with E-state index in [0.29, 0.717) is 12.5 Å². The molecule has 0 aromatic carbocycles. The Labute approximate surface area is 81.7 Å². The number of carboxylic acid groups (broad SMARTS) is 1. The van der Waals surface area contributed by atoms with Crippen LogP contribution in [0.1, 0.15) is 37.3 Å². The quantitative estimate of drug-likeness (QED) is 0.778. The van der Waals surface area contributed by atoms with Gasteiger partial charge in [0.25, 0.3) is 0 Å². The largest absolute Gasteiger partial charge is 0.481 e. The molecule has 1 aromatic heterocycles. The topological polar surface area (TPSA) is 68.0 Å². The van der Waals surface area contributed by atoms with Crippen molar-refractivity contribution in [2.45, 2.75) is 38.1 Å². The molecule has 0 bridgehead atoms. The second-order valence-electron chi connectivity index (χ2n) is 3.68. The van der Waals surface area contributed by atoms with Crippen LogP contribution in [0.4, 0.5) is 0 Å². The van der Waals surface area contributed by atoms with Gasteiger partial charge in [-0.25, -0.2) is 0 Å². The highest BCUT2D eigenvalue weighted by molar-refractivity contribution is 5.66. The summed E-state index contributed by atoms with van der Waals surface area (Å²) in [5.41, 5.74) is 1.02. The van der Waals surface area contributed by atoms with Crippen LogP contribution in [-0.4, -0.2) is 26.1 Å². The van der Waals surface area contributed by atoms with Gasteiger partial charge in [-0.1, -0.05) is 11.6 Å². The Kier molecular flexibility index (Phi) is 2.47. The van der Waals surface area contributed by atoms with Gasteiger partial charge in [-0.05, 0) is 12.8 Å². The summed E-state index contributed by atoms with van der Waals surface area (Å²) in [5, 5.41) is 16.4. The van der Waals surface area contributed by atoms with E-state index >= 15 is 0 Å². The average molecular weight is 195 g/mol. The summed E-state index contributed by atoms with van der Waals surface area (Å²) in [5.74, 6) is -0.237. The summed E-state index contributed by atoms with van der Waals surface area (Å²) in [6.45, 7) is 0.412. The number of hydrogen-bond donors (Lipinski definition) is 1. The molecule has 1 saturated carbocycles. The Morgan fingerprint density at radius 3 is 3.00 bits per heavy atom. The van der Waals surface area contributed by atoms with E-state index in [9.17, 15) is 4.79 Å². The lowest BCUT2D eigenvalue weighted by molar-refractivity contribution is -0.137. The molecule has 0 spiro atoms. The van der Waals surface area contributed by atoms with Crippen molar-refractivity contribution in [3.05, 3.63) is 11.9 Å². The molecule has 0 aliphatic heterocycles. The van der Waals surface area contributed by atoms with Crippen molar-refractivity contribution in [3.63, 3.8) is 0 Å². The second-order valence-corrected chi connectivity index (χ2v) is 3.68. The van der Waals surface area contributed by atoms with E-state index in [1.807, 2.05) is 6.20 Å². The highest BCUT2D eigenvalue weighted by Gasteiger charge is 2.22. The Bertz CT molecular complexity index is 331. The number of carboxylic acids is 1. The first-order valence-electron chi connectivity index (χ1n) is 4.87. The summed E-state index contributed by atoms with van der Waals surface area (Å²) in [7, 11) is 0. The van der Waals surface area contributed by atoms with E-state index in [4.69, 9.17) is 5.11 Å². The lowest BCUT2D eigenvalue weighted by Crippen LogP contribution is -2.09. The van der Waals surface area contributed by atoms with E-state index in [2.05, 4.69) is 10.3 Å². The van der Waals surface area contributed by atoms with Crippen molar-refractivity contribution in [1.29, 1.82) is 0 Å². The molecule has 1 N–H and O–H groups in total. The number of aryl methyl sites for hydroxylation is 1. The van der Waals surface area contributed by atoms with Crippen molar-refractivity contribution in [1.82, 2.24) is 15.0 Å². The highest BCUT2D eigenvalue weighted by Crippen LogP contribution is 2.34. The maximum absolute atomic E-state index is 10.3. The van der Waals surface area contributed by atoms with E-state index in [-0.39, 0.29) is 6.42 Å². The minimum absolute atomic E-state index is 0.105. The standard InChI is InChI=1S/C9H13N3O2/c13-9(14)4-5-12-6-8(10-11-12)7-2-1-3-7/h6-7H,1-5H2,(H,13,14). The Hall–Kier alpha value is -1.39. The zero-order valence-electron chi connectivity index (χ0n) is 7.89. The van der Waals surface area contributed by atoms with Crippen molar-refractivity contribution >= 4 is 5.97 Å². The van der Waals surface area contributed by atoms with Crippen LogP contribution in [0.3, 0.4) is 0 Å². The number of carbonyl (C=O) groups is 1. The Morgan fingerprint density at radius 2 is 2.43 bits per heavy atom. The third-order valence-electron chi connectivity index (χ3n) is 2.63. The molecule has 76 valence electrons. The first kappa shape index (κ1) is 9.18. The molecule has 2 rings (SSSR count). The van der Waals surface area contributed by atoms with Crippen molar-refractivity contribution < 1.29 is 9.90 Å². The van der Waals surface area contributed by atoms with Gasteiger partial charge < -0.3 is 5.11 Å². The van der Waals surface area contributed by atoms with E-state index < -0.39 is 5.97 Å². The fourth-order valence-electron chi connectivity index (χ4n) is 1.52. The number of hydrogen-bond acceptors (Lipinski definition) is 3. The summed E-state index contributed by atoms with van der Waals surface area (Å²) >= 11 is 0.